The van der Waals surface area contributed by atoms with Crippen LogP contribution in [0.3, 0.4) is 0 Å². The zero-order chi connectivity index (χ0) is 14.7. The lowest BCUT2D eigenvalue weighted by Crippen LogP contribution is -2.29. The van der Waals surface area contributed by atoms with Gasteiger partial charge in [0.15, 0.2) is 0 Å². The molecule has 1 saturated carbocycles. The molecule has 1 heterocycles. The van der Waals surface area contributed by atoms with Gasteiger partial charge in [0.2, 0.25) is 5.91 Å². The van der Waals surface area contributed by atoms with Crippen LogP contribution >= 0.6 is 0 Å². The molecule has 4 nitrogen and oxygen atoms in total. The number of fused-ring (bicyclic) bond motifs is 1. The maximum Gasteiger partial charge on any atom is 0.223 e. The van der Waals surface area contributed by atoms with Crippen molar-refractivity contribution in [2.45, 2.75) is 26.2 Å². The van der Waals surface area contributed by atoms with Gasteiger partial charge in [-0.1, -0.05) is 25.1 Å². The van der Waals surface area contributed by atoms with Gasteiger partial charge < -0.3 is 10.6 Å². The van der Waals surface area contributed by atoms with Crippen LogP contribution in [0.5, 0.6) is 0 Å². The molecule has 0 atom stereocenters. The largest absolute Gasteiger partial charge is 0.383 e. The molecule has 3 rings (SSSR count). The smallest absolute Gasteiger partial charge is 0.223 e. The molecule has 1 amide bonds. The third-order valence-electron chi connectivity index (χ3n) is 3.82. The number of aromatic nitrogens is 1. The van der Waals surface area contributed by atoms with E-state index in [4.69, 9.17) is 0 Å². The van der Waals surface area contributed by atoms with Gasteiger partial charge in [-0.05, 0) is 31.4 Å². The van der Waals surface area contributed by atoms with E-state index < -0.39 is 0 Å². The van der Waals surface area contributed by atoms with Crippen LogP contribution in [-0.4, -0.2) is 24.0 Å². The van der Waals surface area contributed by atoms with Gasteiger partial charge in [-0.3, -0.25) is 9.78 Å². The summed E-state index contributed by atoms with van der Waals surface area (Å²) in [6, 6.07) is 10.2. The number of carbonyl (C=O) groups is 1. The number of para-hydroxylation sites is 1. The number of hydrogen-bond acceptors (Lipinski definition) is 3. The number of benzene rings is 1. The Bertz CT molecular complexity index is 650. The Hall–Kier alpha value is -2.10. The molecule has 1 aliphatic rings. The first-order chi connectivity index (χ1) is 10.3. The molecule has 21 heavy (non-hydrogen) atoms. The Balaban J connectivity index is 1.66. The molecule has 110 valence electrons. The van der Waals surface area contributed by atoms with E-state index in [0.717, 1.165) is 48.1 Å². The molecular formula is C17H21N3O. The van der Waals surface area contributed by atoms with E-state index in [1.807, 2.05) is 18.2 Å². The quantitative estimate of drug-likeness (QED) is 0.802. The second-order valence-corrected chi connectivity index (χ2v) is 5.52. The lowest BCUT2D eigenvalue weighted by atomic mass is 10.1. The number of anilines is 1. The fraction of sp³-hybridized carbons (Fsp3) is 0.412. The van der Waals surface area contributed by atoms with Crippen LogP contribution in [0.4, 0.5) is 5.69 Å². The predicted molar refractivity (Wildman–Crippen MR) is 85.3 cm³/mol. The van der Waals surface area contributed by atoms with Gasteiger partial charge in [0.1, 0.15) is 0 Å². The van der Waals surface area contributed by atoms with Crippen LogP contribution in [0.2, 0.25) is 0 Å². The fourth-order valence-corrected chi connectivity index (χ4v) is 2.43. The average molecular weight is 283 g/mol. The molecule has 2 N–H and O–H groups in total. The highest BCUT2D eigenvalue weighted by Gasteiger charge is 2.28. The summed E-state index contributed by atoms with van der Waals surface area (Å²) in [6.07, 6.45) is 3.01. The first-order valence-electron chi connectivity index (χ1n) is 7.68. The van der Waals surface area contributed by atoms with Crippen LogP contribution < -0.4 is 10.6 Å². The van der Waals surface area contributed by atoms with Gasteiger partial charge in [-0.15, -0.1) is 0 Å². The zero-order valence-corrected chi connectivity index (χ0v) is 12.4. The number of aryl methyl sites for hydroxylation is 1. The van der Waals surface area contributed by atoms with Crippen molar-refractivity contribution in [1.29, 1.82) is 0 Å². The van der Waals surface area contributed by atoms with Gasteiger partial charge in [0, 0.05) is 35.8 Å². The third kappa shape index (κ3) is 3.32. The van der Waals surface area contributed by atoms with Gasteiger partial charge in [-0.2, -0.15) is 0 Å². The summed E-state index contributed by atoms with van der Waals surface area (Å²) >= 11 is 0. The summed E-state index contributed by atoms with van der Waals surface area (Å²) in [5.74, 6) is 0.476. The minimum absolute atomic E-state index is 0.200. The molecule has 1 fully saturated rings. The van der Waals surface area contributed by atoms with E-state index in [0.29, 0.717) is 6.54 Å². The van der Waals surface area contributed by atoms with Gasteiger partial charge in [-0.25, -0.2) is 0 Å². The number of hydrogen-bond donors (Lipinski definition) is 2. The zero-order valence-electron chi connectivity index (χ0n) is 12.4. The first-order valence-corrected chi connectivity index (χ1v) is 7.68. The van der Waals surface area contributed by atoms with Crippen LogP contribution in [-0.2, 0) is 11.2 Å². The Morgan fingerprint density at radius 1 is 1.29 bits per heavy atom. The molecule has 0 radical (unpaired) electrons. The van der Waals surface area contributed by atoms with E-state index in [1.165, 1.54) is 0 Å². The number of nitrogens with one attached hydrogen (secondary N) is 2. The van der Waals surface area contributed by atoms with E-state index in [-0.39, 0.29) is 11.8 Å². The molecule has 1 aromatic carbocycles. The van der Waals surface area contributed by atoms with Gasteiger partial charge >= 0.3 is 0 Å². The highest BCUT2D eigenvalue weighted by atomic mass is 16.2. The highest BCUT2D eigenvalue weighted by molar-refractivity contribution is 5.91. The fourth-order valence-electron chi connectivity index (χ4n) is 2.43. The Morgan fingerprint density at radius 2 is 2.10 bits per heavy atom. The summed E-state index contributed by atoms with van der Waals surface area (Å²) in [5, 5.41) is 7.52. The van der Waals surface area contributed by atoms with Crippen molar-refractivity contribution in [3.63, 3.8) is 0 Å². The molecule has 1 aromatic heterocycles. The maximum absolute atomic E-state index is 11.6. The Labute approximate surface area is 125 Å². The van der Waals surface area contributed by atoms with Crippen molar-refractivity contribution in [2.75, 3.05) is 18.4 Å². The Morgan fingerprint density at radius 3 is 2.86 bits per heavy atom. The summed E-state index contributed by atoms with van der Waals surface area (Å²) in [5.41, 5.74) is 3.19. The third-order valence-corrected chi connectivity index (χ3v) is 3.82. The summed E-state index contributed by atoms with van der Waals surface area (Å²) in [6.45, 7) is 3.50. The molecule has 2 aromatic rings. The normalized spacial score (nSPS) is 14.1. The number of carbonyl (C=O) groups excluding carboxylic acids is 1. The monoisotopic (exact) mass is 283 g/mol. The first kappa shape index (κ1) is 13.9. The van der Waals surface area contributed by atoms with E-state index in [2.05, 4.69) is 34.7 Å². The van der Waals surface area contributed by atoms with Crippen molar-refractivity contribution in [1.82, 2.24) is 10.3 Å². The number of rotatable bonds is 6. The number of amides is 1. The topological polar surface area (TPSA) is 54.0 Å². The van der Waals surface area contributed by atoms with Crippen molar-refractivity contribution < 1.29 is 4.79 Å². The summed E-state index contributed by atoms with van der Waals surface area (Å²) < 4.78 is 0. The Kier molecular flexibility index (Phi) is 4.04. The van der Waals surface area contributed by atoms with E-state index in [9.17, 15) is 4.79 Å². The second-order valence-electron chi connectivity index (χ2n) is 5.52. The van der Waals surface area contributed by atoms with E-state index >= 15 is 0 Å². The maximum atomic E-state index is 11.6. The molecule has 0 bridgehead atoms. The lowest BCUT2D eigenvalue weighted by molar-refractivity contribution is -0.122. The van der Waals surface area contributed by atoms with Crippen molar-refractivity contribution in [2.24, 2.45) is 5.92 Å². The lowest BCUT2D eigenvalue weighted by Gasteiger charge is -2.12. The molecule has 4 heteroatoms. The SMILES string of the molecule is CCc1cc(NCCNC(=O)C2CC2)c2ccccc2n1. The molecule has 0 saturated heterocycles. The highest BCUT2D eigenvalue weighted by Crippen LogP contribution is 2.28. The van der Waals surface area contributed by atoms with Crippen LogP contribution in [0.25, 0.3) is 10.9 Å². The van der Waals surface area contributed by atoms with Gasteiger partial charge in [0.25, 0.3) is 0 Å². The number of pyridine rings is 1. The average Bonchev–Trinajstić information content (AvgIpc) is 3.35. The molecule has 0 aliphatic heterocycles. The summed E-state index contributed by atoms with van der Waals surface area (Å²) in [7, 11) is 0. The standard InChI is InChI=1S/C17H21N3O/c1-2-13-11-16(14-5-3-4-6-15(14)20-13)18-9-10-19-17(21)12-7-8-12/h3-6,11-12H,2,7-10H2,1H3,(H,18,20)(H,19,21). The summed E-state index contributed by atoms with van der Waals surface area (Å²) in [4.78, 5) is 16.2. The van der Waals surface area contributed by atoms with Crippen molar-refractivity contribution in [3.8, 4) is 0 Å². The minimum atomic E-state index is 0.200. The molecule has 1 aliphatic carbocycles. The van der Waals surface area contributed by atoms with Crippen LogP contribution in [0, 0.1) is 5.92 Å². The predicted octanol–water partition coefficient (Wildman–Crippen LogP) is 2.74. The number of nitrogens with zero attached hydrogens (tertiary/aromatic N) is 1. The van der Waals surface area contributed by atoms with Gasteiger partial charge in [0.05, 0.1) is 5.52 Å². The second kappa shape index (κ2) is 6.12. The van der Waals surface area contributed by atoms with Crippen LogP contribution in [0.1, 0.15) is 25.5 Å². The molecule has 0 unspecified atom stereocenters. The van der Waals surface area contributed by atoms with Crippen molar-refractivity contribution in [3.05, 3.63) is 36.0 Å². The molecular weight excluding hydrogens is 262 g/mol. The molecule has 0 spiro atoms. The van der Waals surface area contributed by atoms with Crippen LogP contribution in [0.15, 0.2) is 30.3 Å². The minimum Gasteiger partial charge on any atom is -0.383 e. The van der Waals surface area contributed by atoms with E-state index in [1.54, 1.807) is 0 Å². The van der Waals surface area contributed by atoms with Crippen molar-refractivity contribution >= 4 is 22.5 Å².